The molecule has 0 atom stereocenters. The van der Waals surface area contributed by atoms with E-state index in [2.05, 4.69) is 0 Å². The fourth-order valence-corrected chi connectivity index (χ4v) is 3.89. The summed E-state index contributed by atoms with van der Waals surface area (Å²) >= 11 is 0. The maximum atomic E-state index is 12.8. The number of fused-ring (bicyclic) bond motifs is 1. The lowest BCUT2D eigenvalue weighted by molar-refractivity contribution is -0.350. The molecule has 0 aromatic heterocycles. The summed E-state index contributed by atoms with van der Waals surface area (Å²) in [5, 5.41) is 0. The summed E-state index contributed by atoms with van der Waals surface area (Å²) in [5.74, 6) is -0.915. The van der Waals surface area contributed by atoms with Crippen molar-refractivity contribution in [2.45, 2.75) is 31.0 Å². The molecule has 2 bridgehead atoms. The molecule has 0 N–H and O–H groups in total. The first kappa shape index (κ1) is 11.9. The average molecular weight is 281 g/mol. The fourth-order valence-electron chi connectivity index (χ4n) is 3.89. The van der Waals surface area contributed by atoms with E-state index < -0.39 is 28.9 Å². The van der Waals surface area contributed by atoms with E-state index in [1.54, 1.807) is 24.3 Å². The minimum atomic E-state index is -4.24. The molecule has 1 aliphatic heterocycles. The molecular weight excluding hydrogens is 271 g/mol. The Kier molecular flexibility index (Phi) is 1.83. The third kappa shape index (κ3) is 1.10. The molecule has 3 fully saturated rings. The van der Waals surface area contributed by atoms with Crippen LogP contribution in [-0.2, 0) is 0 Å². The van der Waals surface area contributed by atoms with Gasteiger partial charge in [0.05, 0.1) is 22.1 Å². The molecular formula is C14H10F3NO2. The van der Waals surface area contributed by atoms with Gasteiger partial charge >= 0.3 is 6.18 Å². The second-order valence-corrected chi connectivity index (χ2v) is 6.02. The van der Waals surface area contributed by atoms with E-state index in [4.69, 9.17) is 0 Å². The zero-order chi connectivity index (χ0) is 14.3. The van der Waals surface area contributed by atoms with Crippen molar-refractivity contribution in [3.05, 3.63) is 35.4 Å². The number of hydrogen-bond acceptors (Lipinski definition) is 2. The number of amides is 2. The number of halogens is 3. The zero-order valence-corrected chi connectivity index (χ0v) is 10.3. The standard InChI is InChI=1S/C14H10F3NO2/c15-14(16,17)12-5-13(6-12,7-12)18-10(19)8-3-1-2-4-9(8)11(18)20/h1-4H,5-7H2. The van der Waals surface area contributed by atoms with E-state index in [0.29, 0.717) is 11.1 Å². The Morgan fingerprint density at radius 2 is 1.40 bits per heavy atom. The number of carbonyl (C=O) groups excluding carboxylic acids is 2. The Bertz CT molecular complexity index is 610. The molecule has 1 aromatic rings. The van der Waals surface area contributed by atoms with E-state index in [-0.39, 0.29) is 19.3 Å². The van der Waals surface area contributed by atoms with Gasteiger partial charge in [-0.25, -0.2) is 0 Å². The summed E-state index contributed by atoms with van der Waals surface area (Å²) in [6, 6.07) is 6.38. The summed E-state index contributed by atoms with van der Waals surface area (Å²) in [5.41, 5.74) is -1.98. The minimum Gasteiger partial charge on any atom is -0.269 e. The molecule has 1 aromatic carbocycles. The van der Waals surface area contributed by atoms with Crippen LogP contribution in [0.5, 0.6) is 0 Å². The van der Waals surface area contributed by atoms with Gasteiger partial charge in [-0.2, -0.15) is 13.2 Å². The number of hydrogen-bond donors (Lipinski definition) is 0. The van der Waals surface area contributed by atoms with Gasteiger partial charge in [-0.05, 0) is 31.4 Å². The lowest BCUT2D eigenvalue weighted by Gasteiger charge is -2.72. The van der Waals surface area contributed by atoms with Gasteiger partial charge in [0.1, 0.15) is 0 Å². The van der Waals surface area contributed by atoms with Crippen LogP contribution in [0.3, 0.4) is 0 Å². The first-order chi connectivity index (χ1) is 9.30. The highest BCUT2D eigenvalue weighted by Crippen LogP contribution is 2.75. The van der Waals surface area contributed by atoms with Gasteiger partial charge in [0.25, 0.3) is 11.8 Å². The van der Waals surface area contributed by atoms with Crippen LogP contribution < -0.4 is 0 Å². The largest absolute Gasteiger partial charge is 0.394 e. The molecule has 2 amide bonds. The summed E-state index contributed by atoms with van der Waals surface area (Å²) in [6.45, 7) is 0. The third-order valence-corrected chi connectivity index (χ3v) is 4.87. The molecule has 0 unspecified atom stereocenters. The summed E-state index contributed by atoms with van der Waals surface area (Å²) in [4.78, 5) is 25.6. The van der Waals surface area contributed by atoms with Gasteiger partial charge in [-0.1, -0.05) is 12.1 Å². The van der Waals surface area contributed by atoms with Crippen LogP contribution in [-0.4, -0.2) is 28.4 Å². The van der Waals surface area contributed by atoms with Crippen LogP contribution in [0.2, 0.25) is 0 Å². The fraction of sp³-hybridized carbons (Fsp3) is 0.429. The molecule has 3 nitrogen and oxygen atoms in total. The van der Waals surface area contributed by atoms with Crippen LogP contribution in [0.4, 0.5) is 13.2 Å². The minimum absolute atomic E-state index is 0.144. The van der Waals surface area contributed by atoms with Gasteiger partial charge in [0, 0.05) is 0 Å². The second-order valence-electron chi connectivity index (χ2n) is 6.02. The predicted molar refractivity (Wildman–Crippen MR) is 62.0 cm³/mol. The molecule has 1 heterocycles. The maximum Gasteiger partial charge on any atom is 0.394 e. The number of carbonyl (C=O) groups is 2. The van der Waals surface area contributed by atoms with Crippen molar-refractivity contribution in [3.63, 3.8) is 0 Å². The summed E-state index contributed by atoms with van der Waals surface area (Å²) in [6.07, 6.45) is -4.67. The van der Waals surface area contributed by atoms with Gasteiger partial charge in [0.2, 0.25) is 0 Å². The quantitative estimate of drug-likeness (QED) is 0.742. The van der Waals surface area contributed by atoms with Gasteiger partial charge in [-0.15, -0.1) is 0 Å². The molecule has 20 heavy (non-hydrogen) atoms. The van der Waals surface area contributed by atoms with Gasteiger partial charge in [-0.3, -0.25) is 14.5 Å². The second kappa shape index (κ2) is 3.07. The Hall–Kier alpha value is -1.85. The normalized spacial score (nSPS) is 34.6. The Morgan fingerprint density at radius 3 is 1.80 bits per heavy atom. The maximum absolute atomic E-state index is 12.8. The van der Waals surface area contributed by atoms with E-state index in [1.807, 2.05) is 0 Å². The van der Waals surface area contributed by atoms with E-state index in [1.165, 1.54) is 0 Å². The van der Waals surface area contributed by atoms with Crippen LogP contribution in [0.25, 0.3) is 0 Å². The molecule has 4 aliphatic rings. The SMILES string of the molecule is O=C1c2ccccc2C(=O)N1C12CC(C(F)(F)F)(C1)C2. The monoisotopic (exact) mass is 281 g/mol. The molecule has 5 rings (SSSR count). The lowest BCUT2D eigenvalue weighted by Crippen LogP contribution is -2.79. The van der Waals surface area contributed by atoms with Gasteiger partial charge in [0.15, 0.2) is 0 Å². The van der Waals surface area contributed by atoms with E-state index in [0.717, 1.165) is 4.90 Å². The van der Waals surface area contributed by atoms with Crippen LogP contribution >= 0.6 is 0 Å². The zero-order valence-electron chi connectivity index (χ0n) is 10.3. The van der Waals surface area contributed by atoms with Crippen molar-refractivity contribution < 1.29 is 22.8 Å². The van der Waals surface area contributed by atoms with Crippen molar-refractivity contribution in [3.8, 4) is 0 Å². The molecule has 104 valence electrons. The van der Waals surface area contributed by atoms with Crippen molar-refractivity contribution >= 4 is 11.8 Å². The van der Waals surface area contributed by atoms with Crippen LogP contribution in [0.15, 0.2) is 24.3 Å². The molecule has 6 heteroatoms. The van der Waals surface area contributed by atoms with Crippen molar-refractivity contribution in [1.82, 2.24) is 4.90 Å². The van der Waals surface area contributed by atoms with Crippen molar-refractivity contribution in [1.29, 1.82) is 0 Å². The number of nitrogens with zero attached hydrogens (tertiary/aromatic N) is 1. The Labute approximate surface area is 112 Å². The van der Waals surface area contributed by atoms with Crippen molar-refractivity contribution in [2.24, 2.45) is 5.41 Å². The topological polar surface area (TPSA) is 37.4 Å². The molecule has 0 radical (unpaired) electrons. The van der Waals surface area contributed by atoms with Gasteiger partial charge < -0.3 is 0 Å². The molecule has 3 aliphatic carbocycles. The Balaban J connectivity index is 1.66. The molecule has 0 saturated heterocycles. The molecule has 0 spiro atoms. The highest BCUT2D eigenvalue weighted by molar-refractivity contribution is 6.22. The summed E-state index contributed by atoms with van der Waals surface area (Å²) < 4.78 is 38.5. The van der Waals surface area contributed by atoms with Crippen molar-refractivity contribution in [2.75, 3.05) is 0 Å². The lowest BCUT2D eigenvalue weighted by atomic mass is 9.38. The molecule has 3 saturated carbocycles. The number of imide groups is 1. The Morgan fingerprint density at radius 1 is 0.950 bits per heavy atom. The first-order valence-electron chi connectivity index (χ1n) is 6.34. The number of rotatable bonds is 1. The van der Waals surface area contributed by atoms with E-state index in [9.17, 15) is 22.8 Å². The number of benzene rings is 1. The third-order valence-electron chi connectivity index (χ3n) is 4.87. The van der Waals surface area contributed by atoms with Crippen LogP contribution in [0, 0.1) is 5.41 Å². The smallest absolute Gasteiger partial charge is 0.269 e. The number of alkyl halides is 3. The first-order valence-corrected chi connectivity index (χ1v) is 6.34. The highest BCUT2D eigenvalue weighted by Gasteiger charge is 2.81. The summed E-state index contributed by atoms with van der Waals surface area (Å²) in [7, 11) is 0. The average Bonchev–Trinajstić information content (AvgIpc) is 2.50. The highest BCUT2D eigenvalue weighted by atomic mass is 19.4. The van der Waals surface area contributed by atoms with E-state index >= 15 is 0 Å². The van der Waals surface area contributed by atoms with Crippen LogP contribution in [0.1, 0.15) is 40.0 Å². The predicted octanol–water partition coefficient (Wildman–Crippen LogP) is 2.77.